The Morgan fingerprint density at radius 3 is 2.67 bits per heavy atom. The van der Waals surface area contributed by atoms with Gasteiger partial charge in [0.05, 0.1) is 13.2 Å². The SMILES string of the molecule is CCC(C)Nc1cc(N2CCC3(CC2)OCCO3)ncn1. The van der Waals surface area contributed by atoms with Crippen molar-refractivity contribution in [2.45, 2.75) is 44.9 Å². The van der Waals surface area contributed by atoms with E-state index >= 15 is 0 Å². The summed E-state index contributed by atoms with van der Waals surface area (Å²) in [5, 5.41) is 3.39. The van der Waals surface area contributed by atoms with Gasteiger partial charge in [-0.2, -0.15) is 0 Å². The van der Waals surface area contributed by atoms with Crippen LogP contribution in [-0.2, 0) is 9.47 Å². The van der Waals surface area contributed by atoms with Crippen LogP contribution in [0.15, 0.2) is 12.4 Å². The molecule has 1 unspecified atom stereocenters. The van der Waals surface area contributed by atoms with Crippen molar-refractivity contribution in [2.75, 3.05) is 36.5 Å². The number of hydrogen-bond acceptors (Lipinski definition) is 6. The van der Waals surface area contributed by atoms with Gasteiger partial charge >= 0.3 is 0 Å². The van der Waals surface area contributed by atoms with Crippen LogP contribution >= 0.6 is 0 Å². The minimum absolute atomic E-state index is 0.332. The molecule has 0 amide bonds. The Balaban J connectivity index is 1.63. The standard InChI is InChI=1S/C15H24N4O2/c1-3-12(2)18-13-10-14(17-11-16-13)19-6-4-15(5-7-19)20-8-9-21-15/h10-12H,3-9H2,1-2H3,(H,16,17,18). The van der Waals surface area contributed by atoms with Crippen LogP contribution in [0.4, 0.5) is 11.6 Å². The van der Waals surface area contributed by atoms with Gasteiger partial charge in [-0.15, -0.1) is 0 Å². The number of anilines is 2. The Morgan fingerprint density at radius 2 is 2.00 bits per heavy atom. The Bertz CT molecular complexity index is 466. The van der Waals surface area contributed by atoms with Crippen molar-refractivity contribution in [2.24, 2.45) is 0 Å². The number of rotatable bonds is 4. The fourth-order valence-electron chi connectivity index (χ4n) is 2.82. The molecule has 6 nitrogen and oxygen atoms in total. The van der Waals surface area contributed by atoms with Gasteiger partial charge < -0.3 is 19.7 Å². The molecule has 1 atom stereocenters. The van der Waals surface area contributed by atoms with Gasteiger partial charge in [-0.3, -0.25) is 0 Å². The third-order valence-corrected chi connectivity index (χ3v) is 4.32. The van der Waals surface area contributed by atoms with E-state index < -0.39 is 0 Å². The lowest BCUT2D eigenvalue weighted by Gasteiger charge is -2.38. The second-order valence-electron chi connectivity index (χ2n) is 5.81. The fraction of sp³-hybridized carbons (Fsp3) is 0.733. The van der Waals surface area contributed by atoms with Gasteiger partial charge in [0.2, 0.25) is 0 Å². The first-order chi connectivity index (χ1) is 10.2. The number of ether oxygens (including phenoxy) is 2. The summed E-state index contributed by atoms with van der Waals surface area (Å²) >= 11 is 0. The molecule has 1 aromatic heterocycles. The number of piperidine rings is 1. The van der Waals surface area contributed by atoms with Crippen molar-refractivity contribution in [1.29, 1.82) is 0 Å². The normalized spacial score (nSPS) is 22.5. The zero-order chi connectivity index (χ0) is 14.7. The highest BCUT2D eigenvalue weighted by Gasteiger charge is 2.40. The van der Waals surface area contributed by atoms with Crippen LogP contribution in [0.25, 0.3) is 0 Å². The predicted molar refractivity (Wildman–Crippen MR) is 81.5 cm³/mol. The molecule has 0 radical (unpaired) electrons. The summed E-state index contributed by atoms with van der Waals surface area (Å²) in [6.07, 6.45) is 4.49. The molecular weight excluding hydrogens is 268 g/mol. The summed E-state index contributed by atoms with van der Waals surface area (Å²) in [6, 6.07) is 2.44. The molecule has 21 heavy (non-hydrogen) atoms. The first kappa shape index (κ1) is 14.5. The van der Waals surface area contributed by atoms with E-state index in [4.69, 9.17) is 9.47 Å². The van der Waals surface area contributed by atoms with Crippen molar-refractivity contribution in [3.63, 3.8) is 0 Å². The van der Waals surface area contributed by atoms with E-state index in [-0.39, 0.29) is 5.79 Å². The summed E-state index contributed by atoms with van der Waals surface area (Å²) in [7, 11) is 0. The van der Waals surface area contributed by atoms with Gasteiger partial charge in [0, 0.05) is 38.0 Å². The van der Waals surface area contributed by atoms with Crippen LogP contribution in [0.3, 0.4) is 0 Å². The second-order valence-corrected chi connectivity index (χ2v) is 5.81. The van der Waals surface area contributed by atoms with Crippen LogP contribution < -0.4 is 10.2 Å². The molecule has 3 heterocycles. The fourth-order valence-corrected chi connectivity index (χ4v) is 2.82. The molecule has 2 saturated heterocycles. The maximum atomic E-state index is 5.76. The number of aromatic nitrogens is 2. The first-order valence-electron chi connectivity index (χ1n) is 7.82. The van der Waals surface area contributed by atoms with Gasteiger partial charge in [0.1, 0.15) is 18.0 Å². The monoisotopic (exact) mass is 292 g/mol. The highest BCUT2D eigenvalue weighted by molar-refractivity contribution is 5.49. The van der Waals surface area contributed by atoms with E-state index in [1.54, 1.807) is 6.33 Å². The van der Waals surface area contributed by atoms with Crippen molar-refractivity contribution >= 4 is 11.6 Å². The summed E-state index contributed by atoms with van der Waals surface area (Å²) in [5.41, 5.74) is 0. The van der Waals surface area contributed by atoms with Gasteiger partial charge in [-0.25, -0.2) is 9.97 Å². The smallest absolute Gasteiger partial charge is 0.171 e. The van der Waals surface area contributed by atoms with Crippen LogP contribution in [0.5, 0.6) is 0 Å². The highest BCUT2D eigenvalue weighted by Crippen LogP contribution is 2.32. The summed E-state index contributed by atoms with van der Waals surface area (Å²) in [6.45, 7) is 7.55. The molecular formula is C15H24N4O2. The molecule has 116 valence electrons. The second kappa shape index (κ2) is 6.15. The zero-order valence-corrected chi connectivity index (χ0v) is 12.8. The van der Waals surface area contributed by atoms with Crippen LogP contribution in [-0.4, -0.2) is 48.1 Å². The van der Waals surface area contributed by atoms with Gasteiger partial charge in [0.25, 0.3) is 0 Å². The minimum Gasteiger partial charge on any atom is -0.367 e. The molecule has 1 aromatic rings. The van der Waals surface area contributed by atoms with E-state index in [9.17, 15) is 0 Å². The topological polar surface area (TPSA) is 59.5 Å². The summed E-state index contributed by atoms with van der Waals surface area (Å²) in [4.78, 5) is 11.0. The van der Waals surface area contributed by atoms with E-state index in [0.29, 0.717) is 6.04 Å². The molecule has 2 aliphatic rings. The van der Waals surface area contributed by atoms with Crippen LogP contribution in [0, 0.1) is 0 Å². The van der Waals surface area contributed by atoms with E-state index in [1.807, 2.05) is 6.07 Å². The molecule has 0 bridgehead atoms. The first-order valence-corrected chi connectivity index (χ1v) is 7.82. The molecule has 6 heteroatoms. The van der Waals surface area contributed by atoms with Gasteiger partial charge in [-0.05, 0) is 13.3 Å². The number of nitrogens with zero attached hydrogens (tertiary/aromatic N) is 3. The average molecular weight is 292 g/mol. The Kier molecular flexibility index (Phi) is 4.26. The Labute approximate surface area is 125 Å². The van der Waals surface area contributed by atoms with Crippen molar-refractivity contribution < 1.29 is 9.47 Å². The van der Waals surface area contributed by atoms with Crippen LogP contribution in [0.2, 0.25) is 0 Å². The Morgan fingerprint density at radius 1 is 1.29 bits per heavy atom. The third kappa shape index (κ3) is 3.27. The number of hydrogen-bond donors (Lipinski definition) is 1. The zero-order valence-electron chi connectivity index (χ0n) is 12.8. The lowest BCUT2D eigenvalue weighted by atomic mass is 10.0. The van der Waals surface area contributed by atoms with Crippen LogP contribution in [0.1, 0.15) is 33.1 Å². The van der Waals surface area contributed by atoms with Gasteiger partial charge in [-0.1, -0.05) is 6.92 Å². The van der Waals surface area contributed by atoms with E-state index in [0.717, 1.165) is 57.2 Å². The molecule has 1 N–H and O–H groups in total. The van der Waals surface area contributed by atoms with Crippen molar-refractivity contribution in [3.05, 3.63) is 12.4 Å². The van der Waals surface area contributed by atoms with E-state index in [2.05, 4.69) is 34.0 Å². The molecule has 0 aromatic carbocycles. The third-order valence-electron chi connectivity index (χ3n) is 4.32. The lowest BCUT2D eigenvalue weighted by Crippen LogP contribution is -2.45. The van der Waals surface area contributed by atoms with Crippen molar-refractivity contribution in [3.8, 4) is 0 Å². The molecule has 2 fully saturated rings. The molecule has 0 aliphatic carbocycles. The molecule has 0 saturated carbocycles. The average Bonchev–Trinajstić information content (AvgIpc) is 2.96. The quantitative estimate of drug-likeness (QED) is 0.916. The summed E-state index contributed by atoms with van der Waals surface area (Å²) < 4.78 is 11.5. The van der Waals surface area contributed by atoms with E-state index in [1.165, 1.54) is 0 Å². The summed E-state index contributed by atoms with van der Waals surface area (Å²) in [5.74, 6) is 1.54. The minimum atomic E-state index is -0.332. The number of nitrogens with one attached hydrogen (secondary N) is 1. The molecule has 3 rings (SSSR count). The predicted octanol–water partition coefficient (Wildman–Crippen LogP) is 2.03. The molecule has 1 spiro atoms. The largest absolute Gasteiger partial charge is 0.367 e. The maximum absolute atomic E-state index is 5.76. The Hall–Kier alpha value is -1.40. The van der Waals surface area contributed by atoms with Gasteiger partial charge in [0.15, 0.2) is 5.79 Å². The molecule has 2 aliphatic heterocycles. The highest BCUT2D eigenvalue weighted by atomic mass is 16.7. The van der Waals surface area contributed by atoms with Crippen molar-refractivity contribution in [1.82, 2.24) is 9.97 Å². The maximum Gasteiger partial charge on any atom is 0.171 e. The lowest BCUT2D eigenvalue weighted by molar-refractivity contribution is -0.169.